The monoisotopic (exact) mass is 534 g/mol. The summed E-state index contributed by atoms with van der Waals surface area (Å²) < 4.78 is 37.6. The number of azo groups is 1. The molecule has 0 bridgehead atoms. The van der Waals surface area contributed by atoms with E-state index in [0.717, 1.165) is 5.69 Å². The number of rotatable bonds is 11. The second kappa shape index (κ2) is 13.7. The fourth-order valence-electron chi connectivity index (χ4n) is 2.71. The lowest BCUT2D eigenvalue weighted by molar-refractivity contribution is -0.123. The third-order valence-corrected chi connectivity index (χ3v) is 5.99. The first-order valence-corrected chi connectivity index (χ1v) is 13.0. The SMILES string of the molecule is CN(C)c1ccc(/N=N/c2ccc(S(=O)(=O)NCCOCCC(=O)NNC(=O)OC(C)(C)C)cc2)cc1. The van der Waals surface area contributed by atoms with Gasteiger partial charge in [-0.2, -0.15) is 10.2 Å². The van der Waals surface area contributed by atoms with E-state index in [4.69, 9.17) is 9.47 Å². The van der Waals surface area contributed by atoms with Crippen LogP contribution in [-0.4, -0.2) is 59.9 Å². The molecule has 0 saturated carbocycles. The minimum absolute atomic E-state index is 0.0184. The van der Waals surface area contributed by atoms with Gasteiger partial charge in [-0.1, -0.05) is 0 Å². The molecule has 37 heavy (non-hydrogen) atoms. The summed E-state index contributed by atoms with van der Waals surface area (Å²) in [6, 6.07) is 13.5. The van der Waals surface area contributed by atoms with E-state index >= 15 is 0 Å². The maximum absolute atomic E-state index is 12.5. The van der Waals surface area contributed by atoms with Gasteiger partial charge >= 0.3 is 6.09 Å². The molecule has 0 saturated heterocycles. The molecule has 12 nitrogen and oxygen atoms in total. The van der Waals surface area contributed by atoms with Crippen molar-refractivity contribution in [3.05, 3.63) is 48.5 Å². The van der Waals surface area contributed by atoms with Gasteiger partial charge in [-0.05, 0) is 69.3 Å². The van der Waals surface area contributed by atoms with Crippen molar-refractivity contribution in [1.29, 1.82) is 0 Å². The Morgan fingerprint density at radius 3 is 2.00 bits per heavy atom. The van der Waals surface area contributed by atoms with Crippen LogP contribution in [0.2, 0.25) is 0 Å². The van der Waals surface area contributed by atoms with Crippen LogP contribution in [0, 0.1) is 0 Å². The van der Waals surface area contributed by atoms with E-state index in [1.54, 1.807) is 32.9 Å². The molecular formula is C24H34N6O6S. The Morgan fingerprint density at radius 1 is 0.892 bits per heavy atom. The molecule has 0 aromatic heterocycles. The summed E-state index contributed by atoms with van der Waals surface area (Å²) in [5.41, 5.74) is 5.89. The molecule has 2 rings (SSSR count). The Hall–Kier alpha value is -3.55. The molecular weight excluding hydrogens is 500 g/mol. The fraction of sp³-hybridized carbons (Fsp3) is 0.417. The third-order valence-electron chi connectivity index (χ3n) is 4.51. The Balaban J connectivity index is 1.70. The van der Waals surface area contributed by atoms with Crippen LogP contribution in [0.5, 0.6) is 0 Å². The molecule has 3 N–H and O–H groups in total. The summed E-state index contributed by atoms with van der Waals surface area (Å²) in [4.78, 5) is 25.2. The Bertz CT molecular complexity index is 1160. The van der Waals surface area contributed by atoms with E-state index in [2.05, 4.69) is 25.8 Å². The van der Waals surface area contributed by atoms with Crippen LogP contribution >= 0.6 is 0 Å². The van der Waals surface area contributed by atoms with E-state index in [1.807, 2.05) is 43.3 Å². The Kier molecular flexibility index (Phi) is 11.0. The van der Waals surface area contributed by atoms with E-state index < -0.39 is 27.6 Å². The summed E-state index contributed by atoms with van der Waals surface area (Å²) in [6.45, 7) is 5.22. The third kappa shape index (κ3) is 11.4. The number of hydrogen-bond acceptors (Lipinski definition) is 9. The van der Waals surface area contributed by atoms with Crippen molar-refractivity contribution in [3.8, 4) is 0 Å². The molecule has 0 aliphatic carbocycles. The van der Waals surface area contributed by atoms with Crippen LogP contribution in [0.1, 0.15) is 27.2 Å². The van der Waals surface area contributed by atoms with E-state index in [9.17, 15) is 18.0 Å². The summed E-state index contributed by atoms with van der Waals surface area (Å²) in [5, 5.41) is 8.30. The van der Waals surface area contributed by atoms with E-state index in [1.165, 1.54) is 12.1 Å². The number of carbonyl (C=O) groups excluding carboxylic acids is 2. The number of benzene rings is 2. The number of hydrogen-bond donors (Lipinski definition) is 3. The normalized spacial score (nSPS) is 11.8. The summed E-state index contributed by atoms with van der Waals surface area (Å²) >= 11 is 0. The van der Waals surface area contributed by atoms with Gasteiger partial charge in [-0.15, -0.1) is 0 Å². The molecule has 0 aliphatic heterocycles. The summed E-state index contributed by atoms with van der Waals surface area (Å²) in [5.74, 6) is -0.478. The average molecular weight is 535 g/mol. The van der Waals surface area contributed by atoms with Crippen molar-refractivity contribution in [3.63, 3.8) is 0 Å². The minimum atomic E-state index is -3.74. The Morgan fingerprint density at radius 2 is 1.46 bits per heavy atom. The molecule has 0 spiro atoms. The number of carbonyl (C=O) groups is 2. The van der Waals surface area contributed by atoms with Gasteiger partial charge in [-0.3, -0.25) is 10.2 Å². The molecule has 0 atom stereocenters. The van der Waals surface area contributed by atoms with E-state index in [0.29, 0.717) is 11.4 Å². The molecule has 13 heteroatoms. The lowest BCUT2D eigenvalue weighted by Crippen LogP contribution is -2.44. The Labute approximate surface area is 217 Å². The lowest BCUT2D eigenvalue weighted by Gasteiger charge is -2.19. The van der Waals surface area contributed by atoms with Gasteiger partial charge in [0.2, 0.25) is 15.9 Å². The predicted octanol–water partition coefficient (Wildman–Crippen LogP) is 3.41. The topological polar surface area (TPSA) is 151 Å². The van der Waals surface area contributed by atoms with Crippen LogP contribution in [0.3, 0.4) is 0 Å². The highest BCUT2D eigenvalue weighted by molar-refractivity contribution is 7.89. The van der Waals surface area contributed by atoms with Gasteiger partial charge in [-0.25, -0.2) is 23.4 Å². The molecule has 0 fully saturated rings. The van der Waals surface area contributed by atoms with Gasteiger partial charge in [0, 0.05) is 26.3 Å². The second-order valence-corrected chi connectivity index (χ2v) is 10.8. The van der Waals surface area contributed by atoms with Gasteiger partial charge in [0.25, 0.3) is 0 Å². The molecule has 0 aliphatic rings. The van der Waals surface area contributed by atoms with Crippen LogP contribution in [0.4, 0.5) is 21.9 Å². The van der Waals surface area contributed by atoms with Gasteiger partial charge < -0.3 is 14.4 Å². The predicted molar refractivity (Wildman–Crippen MR) is 140 cm³/mol. The quantitative estimate of drug-likeness (QED) is 0.227. The first-order valence-electron chi connectivity index (χ1n) is 11.5. The number of sulfonamides is 1. The number of amides is 2. The molecule has 0 radical (unpaired) electrons. The number of nitrogens with one attached hydrogen (secondary N) is 3. The highest BCUT2D eigenvalue weighted by Crippen LogP contribution is 2.22. The number of nitrogens with zero attached hydrogens (tertiary/aromatic N) is 3. The zero-order chi connectivity index (χ0) is 27.5. The molecule has 2 aromatic rings. The van der Waals surface area contributed by atoms with Crippen molar-refractivity contribution < 1.29 is 27.5 Å². The average Bonchev–Trinajstić information content (AvgIpc) is 2.83. The minimum Gasteiger partial charge on any atom is -0.443 e. The van der Waals surface area contributed by atoms with E-state index in [-0.39, 0.29) is 31.1 Å². The highest BCUT2D eigenvalue weighted by Gasteiger charge is 2.16. The van der Waals surface area contributed by atoms with Crippen molar-refractivity contribution in [2.75, 3.05) is 38.8 Å². The van der Waals surface area contributed by atoms with Crippen molar-refractivity contribution >= 4 is 39.1 Å². The van der Waals surface area contributed by atoms with Crippen LogP contribution in [0.15, 0.2) is 63.7 Å². The van der Waals surface area contributed by atoms with Crippen LogP contribution in [0.25, 0.3) is 0 Å². The summed E-state index contributed by atoms with van der Waals surface area (Å²) in [6.07, 6.45) is -0.805. The zero-order valence-electron chi connectivity index (χ0n) is 21.6. The molecule has 0 heterocycles. The van der Waals surface area contributed by atoms with Crippen LogP contribution in [-0.2, 0) is 24.3 Å². The largest absolute Gasteiger partial charge is 0.443 e. The lowest BCUT2D eigenvalue weighted by atomic mass is 10.2. The van der Waals surface area contributed by atoms with Gasteiger partial charge in [0.05, 0.1) is 35.9 Å². The smallest absolute Gasteiger partial charge is 0.426 e. The van der Waals surface area contributed by atoms with Crippen molar-refractivity contribution in [1.82, 2.24) is 15.6 Å². The maximum Gasteiger partial charge on any atom is 0.426 e. The second-order valence-electron chi connectivity index (χ2n) is 9.04. The van der Waals surface area contributed by atoms with Crippen molar-refractivity contribution in [2.24, 2.45) is 10.2 Å². The molecule has 202 valence electrons. The number of ether oxygens (including phenoxy) is 2. The molecule has 2 amide bonds. The van der Waals surface area contributed by atoms with Crippen molar-refractivity contribution in [2.45, 2.75) is 37.7 Å². The zero-order valence-corrected chi connectivity index (χ0v) is 22.5. The number of anilines is 1. The molecule has 0 unspecified atom stereocenters. The first-order chi connectivity index (χ1) is 17.4. The highest BCUT2D eigenvalue weighted by atomic mass is 32.2. The molecule has 2 aromatic carbocycles. The fourth-order valence-corrected chi connectivity index (χ4v) is 3.72. The number of hydrazine groups is 1. The summed E-state index contributed by atoms with van der Waals surface area (Å²) in [7, 11) is 0.157. The van der Waals surface area contributed by atoms with Gasteiger partial charge in [0.1, 0.15) is 5.60 Å². The first kappa shape index (κ1) is 29.7. The standard InChI is InChI=1S/C24H34N6O6S/c1-24(2,3)36-23(32)29-28-22(31)14-16-35-17-15-25-37(33,34)21-12-8-19(9-13-21)27-26-18-6-10-20(11-7-18)30(4)5/h6-13,25H,14-17H2,1-5H3,(H,28,31)(H,29,32)/b27-26+. The van der Waals surface area contributed by atoms with Crippen LogP contribution < -0.4 is 20.5 Å². The maximum atomic E-state index is 12.5. The van der Waals surface area contributed by atoms with Gasteiger partial charge in [0.15, 0.2) is 0 Å².